The zero-order valence-electron chi connectivity index (χ0n) is 11.7. The second-order valence-electron chi connectivity index (χ2n) is 4.95. The molecule has 0 aliphatic carbocycles. The van der Waals surface area contributed by atoms with E-state index in [2.05, 4.69) is 5.32 Å². The number of rotatable bonds is 7. The predicted molar refractivity (Wildman–Crippen MR) is 75.9 cm³/mol. The highest BCUT2D eigenvalue weighted by Crippen LogP contribution is 2.20. The van der Waals surface area contributed by atoms with Crippen LogP contribution < -0.4 is 10.1 Å². The van der Waals surface area contributed by atoms with E-state index in [1.165, 1.54) is 12.1 Å². The number of benzene rings is 1. The summed E-state index contributed by atoms with van der Waals surface area (Å²) in [7, 11) is 0. The third kappa shape index (κ3) is 5.99. The van der Waals surface area contributed by atoms with Gasteiger partial charge in [0, 0.05) is 6.07 Å². The molecule has 2 N–H and O–H groups in total. The van der Waals surface area contributed by atoms with Crippen LogP contribution in [0.25, 0.3) is 0 Å². The summed E-state index contributed by atoms with van der Waals surface area (Å²) in [5.74, 6) is -1.89. The zero-order valence-corrected chi connectivity index (χ0v) is 12.5. The number of carbonyl (C=O) groups excluding carboxylic acids is 1. The second-order valence-corrected chi connectivity index (χ2v) is 5.36. The summed E-state index contributed by atoms with van der Waals surface area (Å²) in [5, 5.41) is 11.3. The van der Waals surface area contributed by atoms with Crippen molar-refractivity contribution in [1.29, 1.82) is 0 Å². The van der Waals surface area contributed by atoms with Gasteiger partial charge in [0.15, 0.2) is 6.61 Å². The first-order valence-corrected chi connectivity index (χ1v) is 6.77. The van der Waals surface area contributed by atoms with Crippen LogP contribution in [0.1, 0.15) is 20.3 Å². The lowest BCUT2D eigenvalue weighted by Crippen LogP contribution is -2.43. The average molecular weight is 318 g/mol. The number of amides is 1. The van der Waals surface area contributed by atoms with Crippen molar-refractivity contribution in [3.8, 4) is 5.75 Å². The van der Waals surface area contributed by atoms with Crippen LogP contribution in [-0.2, 0) is 9.59 Å². The van der Waals surface area contributed by atoms with E-state index < -0.39 is 23.7 Å². The molecule has 0 saturated heterocycles. The van der Waals surface area contributed by atoms with Gasteiger partial charge in [-0.25, -0.2) is 9.18 Å². The summed E-state index contributed by atoms with van der Waals surface area (Å²) < 4.78 is 18.1. The Hall–Kier alpha value is -1.82. The van der Waals surface area contributed by atoms with Gasteiger partial charge in [-0.3, -0.25) is 4.79 Å². The van der Waals surface area contributed by atoms with Crippen molar-refractivity contribution in [2.75, 3.05) is 6.61 Å². The summed E-state index contributed by atoms with van der Waals surface area (Å²) >= 11 is 5.58. The molecule has 7 heteroatoms. The highest BCUT2D eigenvalue weighted by molar-refractivity contribution is 6.30. The number of carboxylic acid groups (broad SMARTS) is 1. The number of ether oxygens (including phenoxy) is 1. The Kier molecular flexibility index (Phi) is 6.42. The molecule has 0 heterocycles. The van der Waals surface area contributed by atoms with Crippen LogP contribution in [0.15, 0.2) is 18.2 Å². The van der Waals surface area contributed by atoms with Crippen LogP contribution in [-0.4, -0.2) is 29.6 Å². The molecule has 0 unspecified atom stereocenters. The number of carbonyl (C=O) groups is 2. The predicted octanol–water partition coefficient (Wildman–Crippen LogP) is 2.47. The van der Waals surface area contributed by atoms with Crippen molar-refractivity contribution in [1.82, 2.24) is 5.32 Å². The lowest BCUT2D eigenvalue weighted by Gasteiger charge is -2.16. The minimum absolute atomic E-state index is 0.115. The monoisotopic (exact) mass is 317 g/mol. The average Bonchev–Trinajstić information content (AvgIpc) is 2.38. The molecule has 21 heavy (non-hydrogen) atoms. The Morgan fingerprint density at radius 1 is 1.43 bits per heavy atom. The molecule has 0 aromatic heterocycles. The van der Waals surface area contributed by atoms with Gasteiger partial charge in [-0.05, 0) is 24.5 Å². The van der Waals surface area contributed by atoms with Crippen LogP contribution in [0.5, 0.6) is 5.75 Å². The number of hydrogen-bond acceptors (Lipinski definition) is 3. The molecule has 0 saturated carbocycles. The van der Waals surface area contributed by atoms with E-state index >= 15 is 0 Å². The van der Waals surface area contributed by atoms with Gasteiger partial charge >= 0.3 is 5.97 Å². The maximum Gasteiger partial charge on any atom is 0.326 e. The van der Waals surface area contributed by atoms with Crippen molar-refractivity contribution < 1.29 is 23.8 Å². The van der Waals surface area contributed by atoms with Crippen molar-refractivity contribution in [2.45, 2.75) is 26.3 Å². The smallest absolute Gasteiger partial charge is 0.326 e. The van der Waals surface area contributed by atoms with Crippen molar-refractivity contribution in [2.24, 2.45) is 5.92 Å². The van der Waals surface area contributed by atoms with Gasteiger partial charge in [-0.1, -0.05) is 25.4 Å². The molecule has 0 spiro atoms. The molecular weight excluding hydrogens is 301 g/mol. The highest BCUT2D eigenvalue weighted by Gasteiger charge is 2.21. The van der Waals surface area contributed by atoms with E-state index in [4.69, 9.17) is 21.4 Å². The number of aliphatic carboxylic acids is 1. The fourth-order valence-corrected chi connectivity index (χ4v) is 1.81. The fourth-order valence-electron chi connectivity index (χ4n) is 1.64. The van der Waals surface area contributed by atoms with Crippen molar-refractivity contribution in [3.63, 3.8) is 0 Å². The molecule has 1 aromatic rings. The summed E-state index contributed by atoms with van der Waals surface area (Å²) in [4.78, 5) is 22.7. The summed E-state index contributed by atoms with van der Waals surface area (Å²) in [5.41, 5.74) is 0. The highest BCUT2D eigenvalue weighted by atomic mass is 35.5. The van der Waals surface area contributed by atoms with Gasteiger partial charge in [-0.15, -0.1) is 0 Å². The number of halogens is 2. The molecule has 0 fully saturated rings. The lowest BCUT2D eigenvalue weighted by molar-refractivity contribution is -0.142. The molecule has 0 aliphatic heterocycles. The standard InChI is InChI=1S/C14H17ClFNO4/c1-8(2)5-12(14(19)20)17-13(18)7-21-9-3-4-11(16)10(15)6-9/h3-4,6,8,12H,5,7H2,1-2H3,(H,17,18)(H,19,20)/t12-/m0/s1. The van der Waals surface area contributed by atoms with Gasteiger partial charge in [0.25, 0.3) is 5.91 Å². The van der Waals surface area contributed by atoms with E-state index in [0.29, 0.717) is 6.42 Å². The summed E-state index contributed by atoms with van der Waals surface area (Å²) in [6.45, 7) is 3.35. The minimum Gasteiger partial charge on any atom is -0.484 e. The maximum atomic E-state index is 12.9. The van der Waals surface area contributed by atoms with E-state index in [0.717, 1.165) is 6.07 Å². The van der Waals surface area contributed by atoms with E-state index in [-0.39, 0.29) is 23.3 Å². The van der Waals surface area contributed by atoms with Gasteiger partial charge in [0.05, 0.1) is 5.02 Å². The number of hydrogen-bond donors (Lipinski definition) is 2. The quantitative estimate of drug-likeness (QED) is 0.810. The van der Waals surface area contributed by atoms with E-state index in [9.17, 15) is 14.0 Å². The van der Waals surface area contributed by atoms with Gasteiger partial charge in [0.2, 0.25) is 0 Å². The summed E-state index contributed by atoms with van der Waals surface area (Å²) in [6, 6.07) is 2.73. The van der Waals surface area contributed by atoms with Crippen LogP contribution in [0.4, 0.5) is 4.39 Å². The molecule has 1 aromatic carbocycles. The molecule has 1 rings (SSSR count). The molecule has 0 aliphatic rings. The Morgan fingerprint density at radius 2 is 2.10 bits per heavy atom. The zero-order chi connectivity index (χ0) is 16.0. The van der Waals surface area contributed by atoms with Crippen LogP contribution >= 0.6 is 11.6 Å². The second kappa shape index (κ2) is 7.83. The summed E-state index contributed by atoms with van der Waals surface area (Å²) in [6.07, 6.45) is 0.323. The Labute approximate surface area is 127 Å². The lowest BCUT2D eigenvalue weighted by atomic mass is 10.0. The Balaban J connectivity index is 2.52. The first-order valence-electron chi connectivity index (χ1n) is 6.39. The SMILES string of the molecule is CC(C)C[C@H](NC(=O)COc1ccc(F)c(Cl)c1)C(=O)O. The molecule has 5 nitrogen and oxygen atoms in total. The molecule has 1 amide bonds. The van der Waals surface area contributed by atoms with Crippen LogP contribution in [0.3, 0.4) is 0 Å². The Morgan fingerprint density at radius 3 is 2.62 bits per heavy atom. The fraction of sp³-hybridized carbons (Fsp3) is 0.429. The van der Waals surface area contributed by atoms with Crippen LogP contribution in [0.2, 0.25) is 5.02 Å². The number of carboxylic acids is 1. The molecular formula is C14H17ClFNO4. The van der Waals surface area contributed by atoms with Crippen molar-refractivity contribution >= 4 is 23.5 Å². The van der Waals surface area contributed by atoms with Gasteiger partial charge in [-0.2, -0.15) is 0 Å². The topological polar surface area (TPSA) is 75.6 Å². The first-order chi connectivity index (χ1) is 9.79. The third-order valence-corrected chi connectivity index (χ3v) is 2.89. The molecule has 0 radical (unpaired) electrons. The minimum atomic E-state index is -1.10. The molecule has 0 bridgehead atoms. The van der Waals surface area contributed by atoms with E-state index in [1.54, 1.807) is 0 Å². The van der Waals surface area contributed by atoms with Gasteiger partial charge in [0.1, 0.15) is 17.6 Å². The molecule has 1 atom stereocenters. The molecule has 116 valence electrons. The largest absolute Gasteiger partial charge is 0.484 e. The Bertz CT molecular complexity index is 522. The third-order valence-electron chi connectivity index (χ3n) is 2.60. The van der Waals surface area contributed by atoms with Gasteiger partial charge < -0.3 is 15.2 Å². The van der Waals surface area contributed by atoms with E-state index in [1.807, 2.05) is 13.8 Å². The first kappa shape index (κ1) is 17.2. The van der Waals surface area contributed by atoms with Crippen LogP contribution in [0, 0.1) is 11.7 Å². The van der Waals surface area contributed by atoms with Crippen molar-refractivity contribution in [3.05, 3.63) is 29.0 Å². The normalized spacial score (nSPS) is 12.0. The number of nitrogens with one attached hydrogen (secondary N) is 1. The maximum absolute atomic E-state index is 12.9.